The van der Waals surface area contributed by atoms with E-state index in [9.17, 15) is 9.18 Å². The Hall–Kier alpha value is -2.24. The standard InChI is InChI=1S/C11H10FN3O2/c1-2-9-10(15-17-14-9)13-11(16)7-3-5-8(12)6-4-7/h3-6H,2H2,1H3,(H,13,15,16). The number of aromatic nitrogens is 2. The van der Waals surface area contributed by atoms with Crippen LogP contribution in [0.3, 0.4) is 0 Å². The first-order valence-corrected chi connectivity index (χ1v) is 5.09. The average Bonchev–Trinajstić information content (AvgIpc) is 2.77. The lowest BCUT2D eigenvalue weighted by Crippen LogP contribution is -2.13. The van der Waals surface area contributed by atoms with Gasteiger partial charge >= 0.3 is 0 Å². The lowest BCUT2D eigenvalue weighted by molar-refractivity contribution is 0.102. The first kappa shape index (κ1) is 11.3. The molecular formula is C11H10FN3O2. The Bertz CT molecular complexity index is 522. The van der Waals surface area contributed by atoms with Crippen molar-refractivity contribution < 1.29 is 13.8 Å². The lowest BCUT2D eigenvalue weighted by atomic mass is 10.2. The number of nitrogens with one attached hydrogen (secondary N) is 1. The zero-order valence-electron chi connectivity index (χ0n) is 9.11. The van der Waals surface area contributed by atoms with Gasteiger partial charge in [-0.2, -0.15) is 0 Å². The number of anilines is 1. The number of nitrogens with zero attached hydrogens (tertiary/aromatic N) is 2. The molecular weight excluding hydrogens is 225 g/mol. The molecule has 0 saturated carbocycles. The molecule has 0 saturated heterocycles. The summed E-state index contributed by atoms with van der Waals surface area (Å²) in [6, 6.07) is 5.22. The van der Waals surface area contributed by atoms with Gasteiger partial charge in [0.25, 0.3) is 5.91 Å². The van der Waals surface area contributed by atoms with Crippen LogP contribution in [0.5, 0.6) is 0 Å². The number of hydrogen-bond donors (Lipinski definition) is 1. The third-order valence-electron chi connectivity index (χ3n) is 2.23. The van der Waals surface area contributed by atoms with Crippen molar-refractivity contribution in [3.8, 4) is 0 Å². The van der Waals surface area contributed by atoms with E-state index in [2.05, 4.69) is 20.3 Å². The van der Waals surface area contributed by atoms with E-state index < -0.39 is 0 Å². The van der Waals surface area contributed by atoms with Gasteiger partial charge in [-0.05, 0) is 35.8 Å². The number of hydrogen-bond acceptors (Lipinski definition) is 4. The summed E-state index contributed by atoms with van der Waals surface area (Å²) in [7, 11) is 0. The SMILES string of the molecule is CCc1nonc1NC(=O)c1ccc(F)cc1. The Kier molecular flexibility index (Phi) is 3.13. The van der Waals surface area contributed by atoms with Crippen LogP contribution >= 0.6 is 0 Å². The minimum absolute atomic E-state index is 0.293. The zero-order valence-corrected chi connectivity index (χ0v) is 9.11. The van der Waals surface area contributed by atoms with Gasteiger partial charge in [0, 0.05) is 5.56 Å². The van der Waals surface area contributed by atoms with Crippen molar-refractivity contribution in [2.24, 2.45) is 0 Å². The molecule has 0 bridgehead atoms. The Morgan fingerprint density at radius 3 is 2.71 bits per heavy atom. The smallest absolute Gasteiger partial charge is 0.256 e. The number of aryl methyl sites for hydroxylation is 1. The second-order valence-corrected chi connectivity index (χ2v) is 3.37. The molecule has 0 aliphatic rings. The van der Waals surface area contributed by atoms with Crippen LogP contribution in [0.15, 0.2) is 28.9 Å². The summed E-state index contributed by atoms with van der Waals surface area (Å²) in [5.41, 5.74) is 0.914. The Morgan fingerprint density at radius 1 is 1.35 bits per heavy atom. The van der Waals surface area contributed by atoms with Crippen molar-refractivity contribution in [2.45, 2.75) is 13.3 Å². The predicted octanol–water partition coefficient (Wildman–Crippen LogP) is 2.02. The minimum atomic E-state index is -0.390. The van der Waals surface area contributed by atoms with Gasteiger partial charge in [-0.1, -0.05) is 12.1 Å². The fraction of sp³-hybridized carbons (Fsp3) is 0.182. The average molecular weight is 235 g/mol. The van der Waals surface area contributed by atoms with Gasteiger partial charge in [0.2, 0.25) is 5.82 Å². The van der Waals surface area contributed by atoms with Crippen molar-refractivity contribution in [2.75, 3.05) is 5.32 Å². The van der Waals surface area contributed by atoms with E-state index in [-0.39, 0.29) is 11.7 Å². The molecule has 0 atom stereocenters. The second-order valence-electron chi connectivity index (χ2n) is 3.37. The molecule has 6 heteroatoms. The maximum Gasteiger partial charge on any atom is 0.256 e. The Morgan fingerprint density at radius 2 is 2.06 bits per heavy atom. The molecule has 5 nitrogen and oxygen atoms in total. The molecule has 2 rings (SSSR count). The molecule has 1 heterocycles. The van der Waals surface area contributed by atoms with Crippen LogP contribution in [-0.2, 0) is 6.42 Å². The molecule has 1 amide bonds. The van der Waals surface area contributed by atoms with Gasteiger partial charge in [-0.15, -0.1) is 0 Å². The molecule has 0 aliphatic carbocycles. The second kappa shape index (κ2) is 4.73. The third-order valence-corrected chi connectivity index (χ3v) is 2.23. The van der Waals surface area contributed by atoms with Crippen molar-refractivity contribution in [1.82, 2.24) is 10.3 Å². The summed E-state index contributed by atoms with van der Waals surface area (Å²) >= 11 is 0. The molecule has 1 N–H and O–H groups in total. The van der Waals surface area contributed by atoms with Gasteiger partial charge in [-0.25, -0.2) is 9.02 Å². The summed E-state index contributed by atoms with van der Waals surface area (Å²) in [6.45, 7) is 1.87. The van der Waals surface area contributed by atoms with Gasteiger partial charge in [0.15, 0.2) is 0 Å². The van der Waals surface area contributed by atoms with Crippen LogP contribution in [0.4, 0.5) is 10.2 Å². The number of rotatable bonds is 3. The molecule has 88 valence electrons. The molecule has 0 spiro atoms. The molecule has 0 radical (unpaired) electrons. The van der Waals surface area contributed by atoms with E-state index in [1.807, 2.05) is 6.92 Å². The van der Waals surface area contributed by atoms with Crippen LogP contribution in [-0.4, -0.2) is 16.2 Å². The maximum absolute atomic E-state index is 12.7. The normalized spacial score (nSPS) is 10.2. The summed E-state index contributed by atoms with van der Waals surface area (Å²) in [6.07, 6.45) is 0.600. The molecule has 2 aromatic rings. The molecule has 1 aromatic heterocycles. The van der Waals surface area contributed by atoms with Crippen molar-refractivity contribution in [3.05, 3.63) is 41.3 Å². The number of amides is 1. The number of halogens is 1. The first-order valence-electron chi connectivity index (χ1n) is 5.09. The van der Waals surface area contributed by atoms with Crippen LogP contribution in [0, 0.1) is 5.82 Å². The van der Waals surface area contributed by atoms with Crippen LogP contribution in [0.1, 0.15) is 23.0 Å². The topological polar surface area (TPSA) is 68.0 Å². The summed E-state index contributed by atoms with van der Waals surface area (Å²) < 4.78 is 17.2. The molecule has 1 aromatic carbocycles. The highest BCUT2D eigenvalue weighted by molar-refractivity contribution is 6.03. The van der Waals surface area contributed by atoms with E-state index in [0.29, 0.717) is 23.5 Å². The predicted molar refractivity (Wildman–Crippen MR) is 58.0 cm³/mol. The highest BCUT2D eigenvalue weighted by Crippen LogP contribution is 2.12. The summed E-state index contributed by atoms with van der Waals surface area (Å²) in [5, 5.41) is 9.76. The van der Waals surface area contributed by atoms with Gasteiger partial charge in [0.05, 0.1) is 0 Å². The highest BCUT2D eigenvalue weighted by atomic mass is 19.1. The fourth-order valence-corrected chi connectivity index (χ4v) is 1.31. The summed E-state index contributed by atoms with van der Waals surface area (Å²) in [5.74, 6) is -0.476. The van der Waals surface area contributed by atoms with Crippen LogP contribution in [0.25, 0.3) is 0 Å². The first-order chi connectivity index (χ1) is 8.20. The largest absolute Gasteiger partial charge is 0.302 e. The summed E-state index contributed by atoms with van der Waals surface area (Å²) in [4.78, 5) is 11.7. The fourth-order valence-electron chi connectivity index (χ4n) is 1.31. The number of benzene rings is 1. The van der Waals surface area contributed by atoms with Gasteiger partial charge < -0.3 is 5.32 Å². The van der Waals surface area contributed by atoms with E-state index in [4.69, 9.17) is 0 Å². The Labute approximate surface area is 96.6 Å². The highest BCUT2D eigenvalue weighted by Gasteiger charge is 2.12. The van der Waals surface area contributed by atoms with E-state index >= 15 is 0 Å². The van der Waals surface area contributed by atoms with Gasteiger partial charge in [-0.3, -0.25) is 4.79 Å². The molecule has 0 aliphatic heterocycles. The van der Waals surface area contributed by atoms with E-state index in [1.165, 1.54) is 24.3 Å². The Balaban J connectivity index is 2.14. The molecule has 0 unspecified atom stereocenters. The van der Waals surface area contributed by atoms with E-state index in [0.717, 1.165) is 0 Å². The van der Waals surface area contributed by atoms with Crippen LogP contribution in [0.2, 0.25) is 0 Å². The van der Waals surface area contributed by atoms with Gasteiger partial charge in [0.1, 0.15) is 11.5 Å². The zero-order chi connectivity index (χ0) is 12.3. The monoisotopic (exact) mass is 235 g/mol. The number of carbonyl (C=O) groups is 1. The van der Waals surface area contributed by atoms with E-state index in [1.54, 1.807) is 0 Å². The quantitative estimate of drug-likeness (QED) is 0.883. The molecule has 0 fully saturated rings. The number of carbonyl (C=O) groups excluding carboxylic acids is 1. The minimum Gasteiger partial charge on any atom is -0.302 e. The maximum atomic E-state index is 12.7. The van der Waals surface area contributed by atoms with Crippen molar-refractivity contribution in [3.63, 3.8) is 0 Å². The third kappa shape index (κ3) is 2.47. The molecule has 17 heavy (non-hydrogen) atoms. The van der Waals surface area contributed by atoms with Crippen LogP contribution < -0.4 is 5.32 Å². The van der Waals surface area contributed by atoms with Crippen molar-refractivity contribution >= 4 is 11.7 Å². The van der Waals surface area contributed by atoms with Crippen molar-refractivity contribution in [1.29, 1.82) is 0 Å². The lowest BCUT2D eigenvalue weighted by Gasteiger charge is -2.01.